The molecule has 2 heteroatoms. The first-order valence-corrected chi connectivity index (χ1v) is 6.34. The fourth-order valence-corrected chi connectivity index (χ4v) is 2.59. The van der Waals surface area contributed by atoms with Crippen molar-refractivity contribution in [1.29, 1.82) is 0 Å². The summed E-state index contributed by atoms with van der Waals surface area (Å²) in [6, 6.07) is 14.7. The summed E-state index contributed by atoms with van der Waals surface area (Å²) in [4.78, 5) is 4.51. The summed E-state index contributed by atoms with van der Waals surface area (Å²) in [6.07, 6.45) is 0. The molecule has 16 heavy (non-hydrogen) atoms. The van der Waals surface area contributed by atoms with Crippen molar-refractivity contribution in [2.75, 3.05) is 0 Å². The molecule has 0 aliphatic rings. The van der Waals surface area contributed by atoms with Crippen LogP contribution in [0.3, 0.4) is 0 Å². The second kappa shape index (κ2) is 5.17. The van der Waals surface area contributed by atoms with Gasteiger partial charge in [-0.25, -0.2) is 4.98 Å². The largest absolute Gasteiger partial charge is 0.247 e. The van der Waals surface area contributed by atoms with Crippen LogP contribution in [0.4, 0.5) is 0 Å². The van der Waals surface area contributed by atoms with Crippen LogP contribution in [0, 0.1) is 13.8 Å². The van der Waals surface area contributed by atoms with E-state index in [4.69, 9.17) is 0 Å². The van der Waals surface area contributed by atoms with Gasteiger partial charge >= 0.3 is 0 Å². The van der Waals surface area contributed by atoms with Crippen LogP contribution in [0.25, 0.3) is 0 Å². The van der Waals surface area contributed by atoms with Gasteiger partial charge in [0.2, 0.25) is 0 Å². The van der Waals surface area contributed by atoms with E-state index >= 15 is 0 Å². The first-order valence-electron chi connectivity index (χ1n) is 5.36. The van der Waals surface area contributed by atoms with Crippen LogP contribution in [-0.4, -0.2) is 4.98 Å². The van der Waals surface area contributed by atoms with Gasteiger partial charge in [-0.15, -0.1) is 11.8 Å². The number of benzene rings is 1. The van der Waals surface area contributed by atoms with Crippen molar-refractivity contribution in [3.8, 4) is 0 Å². The molecular weight excluding hydrogens is 214 g/mol. The molecule has 2 aromatic rings. The minimum atomic E-state index is 0.983. The van der Waals surface area contributed by atoms with E-state index in [9.17, 15) is 0 Å². The number of aromatic nitrogens is 1. The van der Waals surface area contributed by atoms with E-state index in [1.54, 1.807) is 11.8 Å². The molecule has 0 amide bonds. The molecule has 0 radical (unpaired) electrons. The molecule has 1 aromatic heterocycles. The van der Waals surface area contributed by atoms with Crippen molar-refractivity contribution in [3.63, 3.8) is 0 Å². The van der Waals surface area contributed by atoms with E-state index in [2.05, 4.69) is 48.3 Å². The van der Waals surface area contributed by atoms with Crippen LogP contribution in [-0.2, 0) is 5.75 Å². The van der Waals surface area contributed by atoms with E-state index in [1.807, 2.05) is 13.0 Å². The van der Waals surface area contributed by atoms with E-state index in [0.29, 0.717) is 0 Å². The molecule has 0 fully saturated rings. The molecule has 1 heterocycles. The Morgan fingerprint density at radius 3 is 2.50 bits per heavy atom. The molecule has 0 aliphatic carbocycles. The zero-order chi connectivity index (χ0) is 11.4. The summed E-state index contributed by atoms with van der Waals surface area (Å²) < 4.78 is 0. The van der Waals surface area contributed by atoms with Gasteiger partial charge in [-0.05, 0) is 37.1 Å². The summed E-state index contributed by atoms with van der Waals surface area (Å²) in [7, 11) is 0. The lowest BCUT2D eigenvalue weighted by molar-refractivity contribution is 1.05. The Hall–Kier alpha value is -1.28. The first-order chi connectivity index (χ1) is 7.74. The SMILES string of the molecule is Cc1cc(C)nc(SCc2ccccc2)c1. The van der Waals surface area contributed by atoms with Crippen molar-refractivity contribution in [2.24, 2.45) is 0 Å². The number of rotatable bonds is 3. The number of aryl methyl sites for hydroxylation is 2. The van der Waals surface area contributed by atoms with Gasteiger partial charge in [-0.3, -0.25) is 0 Å². The lowest BCUT2D eigenvalue weighted by atomic mass is 10.2. The zero-order valence-corrected chi connectivity index (χ0v) is 10.4. The fourth-order valence-electron chi connectivity index (χ4n) is 1.61. The number of nitrogens with zero attached hydrogens (tertiary/aromatic N) is 1. The highest BCUT2D eigenvalue weighted by Crippen LogP contribution is 2.21. The lowest BCUT2D eigenvalue weighted by Crippen LogP contribution is -1.87. The Labute approximate surface area is 101 Å². The Morgan fingerprint density at radius 2 is 1.81 bits per heavy atom. The third kappa shape index (κ3) is 3.11. The molecule has 1 aromatic carbocycles. The van der Waals surface area contributed by atoms with Crippen molar-refractivity contribution < 1.29 is 0 Å². The zero-order valence-electron chi connectivity index (χ0n) is 9.60. The van der Waals surface area contributed by atoms with Gasteiger partial charge in [0, 0.05) is 11.4 Å². The van der Waals surface area contributed by atoms with Gasteiger partial charge in [0.05, 0.1) is 5.03 Å². The third-order valence-corrected chi connectivity index (χ3v) is 3.29. The molecule has 0 aliphatic heterocycles. The predicted octanol–water partition coefficient (Wildman–Crippen LogP) is 3.99. The smallest absolute Gasteiger partial charge is 0.0968 e. The van der Waals surface area contributed by atoms with Crippen LogP contribution >= 0.6 is 11.8 Å². The maximum Gasteiger partial charge on any atom is 0.0968 e. The van der Waals surface area contributed by atoms with E-state index in [1.165, 1.54) is 11.1 Å². The normalized spacial score (nSPS) is 10.4. The van der Waals surface area contributed by atoms with Crippen molar-refractivity contribution in [2.45, 2.75) is 24.6 Å². The Morgan fingerprint density at radius 1 is 1.06 bits per heavy atom. The van der Waals surface area contributed by atoms with Crippen molar-refractivity contribution in [1.82, 2.24) is 4.98 Å². The molecule has 0 saturated carbocycles. The highest BCUT2D eigenvalue weighted by molar-refractivity contribution is 7.98. The predicted molar refractivity (Wildman–Crippen MR) is 69.7 cm³/mol. The molecule has 0 unspecified atom stereocenters. The molecular formula is C14H15NS. The number of thioether (sulfide) groups is 1. The van der Waals surface area contributed by atoms with Crippen LogP contribution < -0.4 is 0 Å². The Bertz CT molecular complexity index is 445. The molecule has 2 rings (SSSR count). The third-order valence-electron chi connectivity index (χ3n) is 2.30. The minimum Gasteiger partial charge on any atom is -0.247 e. The number of pyridine rings is 1. The lowest BCUT2D eigenvalue weighted by Gasteiger charge is -2.03. The maximum atomic E-state index is 4.51. The van der Waals surface area contributed by atoms with Gasteiger partial charge in [-0.2, -0.15) is 0 Å². The molecule has 82 valence electrons. The van der Waals surface area contributed by atoms with E-state index in [0.717, 1.165) is 16.5 Å². The quantitative estimate of drug-likeness (QED) is 0.738. The molecule has 0 saturated heterocycles. The van der Waals surface area contributed by atoms with Crippen LogP contribution in [0.15, 0.2) is 47.5 Å². The summed E-state index contributed by atoms with van der Waals surface area (Å²) in [5, 5.41) is 1.11. The van der Waals surface area contributed by atoms with Gasteiger partial charge in [0.15, 0.2) is 0 Å². The van der Waals surface area contributed by atoms with Crippen molar-refractivity contribution >= 4 is 11.8 Å². The van der Waals surface area contributed by atoms with Gasteiger partial charge in [0.1, 0.15) is 0 Å². The van der Waals surface area contributed by atoms with E-state index < -0.39 is 0 Å². The first kappa shape index (κ1) is 11.2. The summed E-state index contributed by atoms with van der Waals surface area (Å²) >= 11 is 1.79. The molecule has 0 N–H and O–H groups in total. The summed E-state index contributed by atoms with van der Waals surface area (Å²) in [5.41, 5.74) is 3.71. The van der Waals surface area contributed by atoms with Crippen LogP contribution in [0.5, 0.6) is 0 Å². The maximum absolute atomic E-state index is 4.51. The highest BCUT2D eigenvalue weighted by Gasteiger charge is 1.99. The number of hydrogen-bond acceptors (Lipinski definition) is 2. The van der Waals surface area contributed by atoms with Crippen molar-refractivity contribution in [3.05, 3.63) is 59.3 Å². The van der Waals surface area contributed by atoms with Crippen LogP contribution in [0.2, 0.25) is 0 Å². The fraction of sp³-hybridized carbons (Fsp3) is 0.214. The molecule has 0 atom stereocenters. The molecule has 0 bridgehead atoms. The summed E-state index contributed by atoms with van der Waals surface area (Å²) in [5.74, 6) is 0.983. The van der Waals surface area contributed by atoms with Gasteiger partial charge in [-0.1, -0.05) is 30.3 Å². The molecule has 1 nitrogen and oxygen atoms in total. The average Bonchev–Trinajstić information content (AvgIpc) is 2.27. The highest BCUT2D eigenvalue weighted by atomic mass is 32.2. The Kier molecular flexibility index (Phi) is 3.62. The minimum absolute atomic E-state index is 0.983. The second-order valence-electron chi connectivity index (χ2n) is 3.90. The standard InChI is InChI=1S/C14H15NS/c1-11-8-12(2)15-14(9-11)16-10-13-6-4-3-5-7-13/h3-9H,10H2,1-2H3. The molecule has 0 spiro atoms. The average molecular weight is 229 g/mol. The topological polar surface area (TPSA) is 12.9 Å². The van der Waals surface area contributed by atoms with Gasteiger partial charge < -0.3 is 0 Å². The summed E-state index contributed by atoms with van der Waals surface area (Å²) in [6.45, 7) is 4.15. The monoisotopic (exact) mass is 229 g/mol. The second-order valence-corrected chi connectivity index (χ2v) is 4.89. The van der Waals surface area contributed by atoms with Gasteiger partial charge in [0.25, 0.3) is 0 Å². The Balaban J connectivity index is 2.05. The van der Waals surface area contributed by atoms with E-state index in [-0.39, 0.29) is 0 Å². The number of hydrogen-bond donors (Lipinski definition) is 0. The van der Waals surface area contributed by atoms with Crippen LogP contribution in [0.1, 0.15) is 16.8 Å².